The van der Waals surface area contributed by atoms with Crippen molar-refractivity contribution in [3.8, 4) is 0 Å². The fraction of sp³-hybridized carbons (Fsp3) is 0.833. The zero-order chi connectivity index (χ0) is 14.7. The maximum absolute atomic E-state index is 7.64. The lowest BCUT2D eigenvalue weighted by atomic mass is 9.87. The lowest BCUT2D eigenvalue weighted by molar-refractivity contribution is 0.370. The third kappa shape index (κ3) is 4.90. The molecule has 2 unspecified atom stereocenters. The van der Waals surface area contributed by atoms with Crippen molar-refractivity contribution in [3.63, 3.8) is 0 Å². The van der Waals surface area contributed by atoms with Gasteiger partial charge in [-0.05, 0) is 25.7 Å². The van der Waals surface area contributed by atoms with Crippen LogP contribution in [0.15, 0.2) is 10.2 Å². The molecular weight excluding hydrogens is 299 g/mol. The fourth-order valence-corrected chi connectivity index (χ4v) is 1.17. The van der Waals surface area contributed by atoms with Crippen LogP contribution in [0.3, 0.4) is 0 Å². The molecule has 0 spiro atoms. The molecule has 0 aromatic heterocycles. The number of rotatable bonds is 6. The zero-order valence-electron chi connectivity index (χ0n) is 13.0. The predicted molar refractivity (Wildman–Crippen MR) is 89.7 cm³/mol. The van der Waals surface area contributed by atoms with E-state index < -0.39 is 11.1 Å². The molecule has 20 heavy (non-hydrogen) atoms. The first-order valence-electron chi connectivity index (χ1n) is 6.11. The van der Waals surface area contributed by atoms with Gasteiger partial charge < -0.3 is 11.5 Å². The van der Waals surface area contributed by atoms with E-state index in [0.717, 1.165) is 0 Å². The third-order valence-corrected chi connectivity index (χ3v) is 3.80. The molecule has 120 valence electrons. The Balaban J connectivity index is -0.00000144. The average molecular weight is 327 g/mol. The van der Waals surface area contributed by atoms with Crippen LogP contribution in [-0.2, 0) is 0 Å². The van der Waals surface area contributed by atoms with Crippen molar-refractivity contribution in [1.29, 1.82) is 10.8 Å². The number of nitrogens with zero attached hydrogens (tertiary/aromatic N) is 2. The van der Waals surface area contributed by atoms with Crippen molar-refractivity contribution in [2.75, 3.05) is 0 Å². The molecule has 0 aliphatic rings. The second-order valence-electron chi connectivity index (χ2n) is 5.63. The Morgan fingerprint density at radius 2 is 1.00 bits per heavy atom. The topological polar surface area (TPSA) is 124 Å². The standard InChI is InChI=1S/C12H26N6.2ClH/c1-7(2)11(5,9(13)14)17-18-12(6,8(3)4)10(15)16;;/h7-8H,1-6H3,(H3,13,14)(H3,15,16);2*1H/b18-17+;;. The summed E-state index contributed by atoms with van der Waals surface area (Å²) in [5, 5.41) is 23.7. The van der Waals surface area contributed by atoms with Crippen molar-refractivity contribution in [2.45, 2.75) is 52.6 Å². The van der Waals surface area contributed by atoms with E-state index in [9.17, 15) is 0 Å². The predicted octanol–water partition coefficient (Wildman–Crippen LogP) is 2.98. The molecule has 2 atom stereocenters. The van der Waals surface area contributed by atoms with Gasteiger partial charge in [-0.15, -0.1) is 24.8 Å². The van der Waals surface area contributed by atoms with Crippen molar-refractivity contribution in [1.82, 2.24) is 0 Å². The second-order valence-corrected chi connectivity index (χ2v) is 5.63. The van der Waals surface area contributed by atoms with E-state index in [1.807, 2.05) is 27.7 Å². The molecule has 0 rings (SSSR count). The highest BCUT2D eigenvalue weighted by molar-refractivity contribution is 5.88. The van der Waals surface area contributed by atoms with Gasteiger partial charge in [-0.2, -0.15) is 10.2 Å². The van der Waals surface area contributed by atoms with Gasteiger partial charge in [-0.3, -0.25) is 10.8 Å². The van der Waals surface area contributed by atoms with Gasteiger partial charge in [0.15, 0.2) is 0 Å². The molecule has 0 bridgehead atoms. The van der Waals surface area contributed by atoms with Crippen LogP contribution in [0.4, 0.5) is 0 Å². The molecule has 0 heterocycles. The number of hydrogen-bond donors (Lipinski definition) is 4. The largest absolute Gasteiger partial charge is 0.386 e. The van der Waals surface area contributed by atoms with Crippen LogP contribution < -0.4 is 11.5 Å². The molecule has 0 radical (unpaired) electrons. The zero-order valence-corrected chi connectivity index (χ0v) is 14.7. The van der Waals surface area contributed by atoms with Gasteiger partial charge >= 0.3 is 0 Å². The molecule has 0 aliphatic heterocycles. The molecule has 0 saturated heterocycles. The number of hydrogen-bond acceptors (Lipinski definition) is 4. The van der Waals surface area contributed by atoms with E-state index in [1.54, 1.807) is 13.8 Å². The van der Waals surface area contributed by atoms with Crippen LogP contribution in [-0.4, -0.2) is 22.7 Å². The average Bonchev–Trinajstić information content (AvgIpc) is 2.23. The molecule has 0 amide bonds. The maximum atomic E-state index is 7.64. The van der Waals surface area contributed by atoms with E-state index in [0.29, 0.717) is 0 Å². The van der Waals surface area contributed by atoms with Crippen molar-refractivity contribution in [2.24, 2.45) is 33.5 Å². The second kappa shape index (κ2) is 8.42. The normalized spacial score (nSPS) is 17.0. The smallest absolute Gasteiger partial charge is 0.137 e. The van der Waals surface area contributed by atoms with Gasteiger partial charge in [0.2, 0.25) is 0 Å². The minimum Gasteiger partial charge on any atom is -0.386 e. The Labute approximate surface area is 134 Å². The minimum absolute atomic E-state index is 0. The summed E-state index contributed by atoms with van der Waals surface area (Å²) in [6.45, 7) is 11.3. The van der Waals surface area contributed by atoms with E-state index in [2.05, 4.69) is 10.2 Å². The highest BCUT2D eigenvalue weighted by Crippen LogP contribution is 2.27. The summed E-state index contributed by atoms with van der Waals surface area (Å²) in [4.78, 5) is 0. The van der Waals surface area contributed by atoms with Crippen LogP contribution in [0, 0.1) is 22.7 Å². The summed E-state index contributed by atoms with van der Waals surface area (Å²) >= 11 is 0. The molecule has 8 heteroatoms. The number of azo groups is 1. The summed E-state index contributed by atoms with van der Waals surface area (Å²) in [6, 6.07) is 0. The lowest BCUT2D eigenvalue weighted by Gasteiger charge is -2.31. The first-order valence-corrected chi connectivity index (χ1v) is 6.11. The van der Waals surface area contributed by atoms with Crippen LogP contribution in [0.1, 0.15) is 41.5 Å². The number of nitrogens with two attached hydrogens (primary N) is 2. The molecule has 0 saturated carbocycles. The van der Waals surface area contributed by atoms with Crippen molar-refractivity contribution < 1.29 is 0 Å². The van der Waals surface area contributed by atoms with E-state index in [-0.39, 0.29) is 48.3 Å². The molecule has 0 aliphatic carbocycles. The Morgan fingerprint density at radius 1 is 0.800 bits per heavy atom. The SMILES string of the molecule is CC(C)C(C)(/N=N/C(C)(C(=N)N)C(C)C)C(=N)N.Cl.Cl. The number of halogens is 2. The quantitative estimate of drug-likeness (QED) is 0.340. The lowest BCUT2D eigenvalue weighted by Crippen LogP contribution is -2.46. The summed E-state index contributed by atoms with van der Waals surface area (Å²) in [7, 11) is 0. The van der Waals surface area contributed by atoms with Gasteiger partial charge in [0.25, 0.3) is 0 Å². The Hall–Kier alpha value is -0.880. The monoisotopic (exact) mass is 326 g/mol. The Morgan fingerprint density at radius 3 is 1.10 bits per heavy atom. The van der Waals surface area contributed by atoms with Gasteiger partial charge in [0.05, 0.1) is 0 Å². The maximum Gasteiger partial charge on any atom is 0.137 e. The van der Waals surface area contributed by atoms with Gasteiger partial charge in [0, 0.05) is 0 Å². The molecule has 0 fully saturated rings. The van der Waals surface area contributed by atoms with Crippen LogP contribution >= 0.6 is 24.8 Å². The van der Waals surface area contributed by atoms with Crippen LogP contribution in [0.25, 0.3) is 0 Å². The highest BCUT2D eigenvalue weighted by Gasteiger charge is 2.36. The highest BCUT2D eigenvalue weighted by atomic mass is 35.5. The summed E-state index contributed by atoms with van der Waals surface area (Å²) < 4.78 is 0. The van der Waals surface area contributed by atoms with Gasteiger partial charge in [0.1, 0.15) is 22.7 Å². The first-order chi connectivity index (χ1) is 7.98. The van der Waals surface area contributed by atoms with Crippen molar-refractivity contribution in [3.05, 3.63) is 0 Å². The Bertz CT molecular complexity index is 335. The molecule has 6 N–H and O–H groups in total. The van der Waals surface area contributed by atoms with Gasteiger partial charge in [-0.25, -0.2) is 0 Å². The number of nitrogens with one attached hydrogen (secondary N) is 2. The van der Waals surface area contributed by atoms with Crippen molar-refractivity contribution >= 4 is 36.5 Å². The molecule has 6 nitrogen and oxygen atoms in total. The summed E-state index contributed by atoms with van der Waals surface area (Å²) in [5.41, 5.74) is 9.49. The van der Waals surface area contributed by atoms with Crippen LogP contribution in [0.2, 0.25) is 0 Å². The van der Waals surface area contributed by atoms with E-state index >= 15 is 0 Å². The summed E-state index contributed by atoms with van der Waals surface area (Å²) in [6.07, 6.45) is 0. The molecule has 0 aromatic rings. The Kier molecular flexibility index (Phi) is 10.2. The third-order valence-electron chi connectivity index (χ3n) is 3.80. The first kappa shape index (κ1) is 24.2. The van der Waals surface area contributed by atoms with E-state index in [1.165, 1.54) is 0 Å². The van der Waals surface area contributed by atoms with Gasteiger partial charge in [-0.1, -0.05) is 27.7 Å². The molecule has 0 aromatic carbocycles. The summed E-state index contributed by atoms with van der Waals surface area (Å²) in [5.74, 6) is 0.0241. The molecular formula is C12H28Cl2N6. The fourth-order valence-electron chi connectivity index (χ4n) is 1.17. The number of amidine groups is 2. The van der Waals surface area contributed by atoms with E-state index in [4.69, 9.17) is 22.3 Å². The minimum atomic E-state index is -0.856. The van der Waals surface area contributed by atoms with Crippen LogP contribution in [0.5, 0.6) is 0 Å².